The molecule has 0 aliphatic heterocycles. The summed E-state index contributed by atoms with van der Waals surface area (Å²) < 4.78 is 2.28. The second-order valence-corrected chi connectivity index (χ2v) is 10.8. The highest BCUT2D eigenvalue weighted by atomic mass is 15.0. The lowest BCUT2D eigenvalue weighted by Gasteiger charge is -2.13. The molecule has 5 nitrogen and oxygen atoms in total. The first-order valence-electron chi connectivity index (χ1n) is 14.3. The van der Waals surface area contributed by atoms with E-state index in [0.29, 0.717) is 0 Å². The molecular formula is C38H23N5. The fraction of sp³-hybridized carbons (Fsp3) is 0. The predicted molar refractivity (Wildman–Crippen MR) is 175 cm³/mol. The van der Waals surface area contributed by atoms with Gasteiger partial charge in [-0.25, -0.2) is 15.0 Å². The van der Waals surface area contributed by atoms with Crippen molar-refractivity contribution in [3.05, 3.63) is 140 Å². The Balaban J connectivity index is 1.32. The normalized spacial score (nSPS) is 11.7. The van der Waals surface area contributed by atoms with Gasteiger partial charge in [0, 0.05) is 33.5 Å². The van der Waals surface area contributed by atoms with Crippen LogP contribution in [0.2, 0.25) is 0 Å². The molecule has 0 amide bonds. The summed E-state index contributed by atoms with van der Waals surface area (Å²) in [5.41, 5.74) is 10.8. The van der Waals surface area contributed by atoms with E-state index in [9.17, 15) is 0 Å². The largest absolute Gasteiger partial charge is 0.292 e. The predicted octanol–water partition coefficient (Wildman–Crippen LogP) is 9.13. The van der Waals surface area contributed by atoms with Crippen LogP contribution in [0.1, 0.15) is 0 Å². The van der Waals surface area contributed by atoms with Crippen molar-refractivity contribution in [1.29, 1.82) is 0 Å². The third kappa shape index (κ3) is 3.79. The zero-order valence-electron chi connectivity index (χ0n) is 23.0. The molecule has 9 rings (SSSR count). The average Bonchev–Trinajstić information content (AvgIpc) is 3.48. The summed E-state index contributed by atoms with van der Waals surface area (Å²) in [7, 11) is 0. The van der Waals surface area contributed by atoms with Gasteiger partial charge in [-0.2, -0.15) is 0 Å². The van der Waals surface area contributed by atoms with Gasteiger partial charge in [-0.15, -0.1) is 0 Å². The maximum Gasteiger partial charge on any atom is 0.146 e. The maximum atomic E-state index is 5.09. The summed E-state index contributed by atoms with van der Waals surface area (Å²) in [5.74, 6) is 0. The number of para-hydroxylation sites is 3. The molecule has 0 atom stereocenters. The first-order valence-corrected chi connectivity index (χ1v) is 14.3. The number of fused-ring (bicyclic) bond motifs is 9. The van der Waals surface area contributed by atoms with Crippen molar-refractivity contribution < 1.29 is 0 Å². The number of hydrogen-bond donors (Lipinski definition) is 0. The molecule has 5 aromatic heterocycles. The number of aromatic nitrogens is 5. The lowest BCUT2D eigenvalue weighted by atomic mass is 9.99. The van der Waals surface area contributed by atoms with Gasteiger partial charge in [-0.1, -0.05) is 60.7 Å². The molecular weight excluding hydrogens is 526 g/mol. The van der Waals surface area contributed by atoms with Crippen molar-refractivity contribution in [3.63, 3.8) is 0 Å². The van der Waals surface area contributed by atoms with Crippen LogP contribution in [-0.2, 0) is 0 Å². The zero-order valence-corrected chi connectivity index (χ0v) is 23.0. The van der Waals surface area contributed by atoms with Crippen LogP contribution in [0.25, 0.3) is 83.2 Å². The van der Waals surface area contributed by atoms with Gasteiger partial charge < -0.3 is 0 Å². The first kappa shape index (κ1) is 23.7. The minimum Gasteiger partial charge on any atom is -0.292 e. The molecule has 9 aromatic rings. The van der Waals surface area contributed by atoms with E-state index >= 15 is 0 Å². The minimum atomic E-state index is 0.850. The van der Waals surface area contributed by atoms with Crippen LogP contribution in [-0.4, -0.2) is 24.3 Å². The van der Waals surface area contributed by atoms with Gasteiger partial charge in [0.15, 0.2) is 0 Å². The molecule has 0 radical (unpaired) electrons. The van der Waals surface area contributed by atoms with Gasteiger partial charge in [0.1, 0.15) is 5.65 Å². The maximum absolute atomic E-state index is 5.09. The summed E-state index contributed by atoms with van der Waals surface area (Å²) >= 11 is 0. The Bertz CT molecular complexity index is 2510. The van der Waals surface area contributed by atoms with Crippen LogP contribution in [0.5, 0.6) is 0 Å². The summed E-state index contributed by atoms with van der Waals surface area (Å²) in [6.45, 7) is 0. The zero-order chi connectivity index (χ0) is 28.3. The molecule has 43 heavy (non-hydrogen) atoms. The summed E-state index contributed by atoms with van der Waals surface area (Å²) in [6, 6.07) is 46.0. The van der Waals surface area contributed by atoms with Gasteiger partial charge in [0.25, 0.3) is 0 Å². The Morgan fingerprint density at radius 3 is 2.07 bits per heavy atom. The Morgan fingerprint density at radius 1 is 0.419 bits per heavy atom. The molecule has 5 heterocycles. The van der Waals surface area contributed by atoms with E-state index in [1.54, 1.807) is 6.20 Å². The molecule has 0 aliphatic rings. The number of rotatable bonds is 3. The van der Waals surface area contributed by atoms with E-state index in [-0.39, 0.29) is 0 Å². The molecule has 5 heteroatoms. The Hall–Kier alpha value is -5.94. The quantitative estimate of drug-likeness (QED) is 0.206. The Labute approximate surface area is 246 Å². The molecule has 0 saturated carbocycles. The highest BCUT2D eigenvalue weighted by Crippen LogP contribution is 2.37. The topological polar surface area (TPSA) is 56.0 Å². The number of hydrogen-bond acceptors (Lipinski definition) is 4. The van der Waals surface area contributed by atoms with E-state index in [4.69, 9.17) is 15.0 Å². The van der Waals surface area contributed by atoms with E-state index in [1.165, 1.54) is 0 Å². The van der Waals surface area contributed by atoms with Crippen molar-refractivity contribution in [3.8, 4) is 33.9 Å². The standard InChI is InChI=1S/C38H23N5/c1-2-9-30-24(8-1)16-19-32(40-30)26-17-20-36-29(23-26)28-22-25(31-12-7-13-34(41-31)33-10-5-6-21-39-33)15-18-27(28)38-42-35-11-3-4-14-37(35)43(36)38/h1-23H. The number of nitrogens with zero attached hydrogens (tertiary/aromatic N) is 5. The Kier molecular flexibility index (Phi) is 5.13. The first-order chi connectivity index (χ1) is 21.3. The summed E-state index contributed by atoms with van der Waals surface area (Å²) in [5, 5.41) is 4.50. The molecule has 0 saturated heterocycles. The van der Waals surface area contributed by atoms with E-state index in [1.807, 2.05) is 48.5 Å². The number of pyridine rings is 4. The van der Waals surface area contributed by atoms with Gasteiger partial charge in [-0.3, -0.25) is 9.38 Å². The third-order valence-electron chi connectivity index (χ3n) is 8.22. The second-order valence-electron chi connectivity index (χ2n) is 10.8. The lowest BCUT2D eigenvalue weighted by molar-refractivity contribution is 1.25. The third-order valence-corrected chi connectivity index (χ3v) is 8.22. The van der Waals surface area contributed by atoms with Crippen molar-refractivity contribution in [2.75, 3.05) is 0 Å². The van der Waals surface area contributed by atoms with Crippen LogP contribution >= 0.6 is 0 Å². The van der Waals surface area contributed by atoms with Gasteiger partial charge in [0.05, 0.1) is 44.8 Å². The van der Waals surface area contributed by atoms with Crippen molar-refractivity contribution in [2.24, 2.45) is 0 Å². The highest BCUT2D eigenvalue weighted by Gasteiger charge is 2.16. The molecule has 0 aliphatic carbocycles. The summed E-state index contributed by atoms with van der Waals surface area (Å²) in [4.78, 5) is 19.6. The van der Waals surface area contributed by atoms with Gasteiger partial charge in [-0.05, 0) is 78.2 Å². The van der Waals surface area contributed by atoms with E-state index in [0.717, 1.165) is 83.2 Å². The molecule has 0 bridgehead atoms. The fourth-order valence-electron chi connectivity index (χ4n) is 6.16. The molecule has 0 fully saturated rings. The van der Waals surface area contributed by atoms with Crippen LogP contribution in [0, 0.1) is 0 Å². The van der Waals surface area contributed by atoms with Crippen LogP contribution < -0.4 is 0 Å². The molecule has 0 unspecified atom stereocenters. The van der Waals surface area contributed by atoms with Gasteiger partial charge >= 0.3 is 0 Å². The van der Waals surface area contributed by atoms with Crippen molar-refractivity contribution in [1.82, 2.24) is 24.3 Å². The molecule has 200 valence electrons. The highest BCUT2D eigenvalue weighted by molar-refractivity contribution is 6.15. The van der Waals surface area contributed by atoms with Crippen LogP contribution in [0.4, 0.5) is 0 Å². The SMILES string of the molecule is c1ccc(-c2cccc(-c3ccc4c(c3)c3cc(-c5ccc6ccccc6n5)ccc3n3c5ccccc5nc43)n2)nc1. The van der Waals surface area contributed by atoms with Gasteiger partial charge in [0.2, 0.25) is 0 Å². The monoisotopic (exact) mass is 549 g/mol. The average molecular weight is 550 g/mol. The second kappa shape index (κ2) is 9.29. The van der Waals surface area contributed by atoms with Crippen molar-refractivity contribution >= 4 is 49.3 Å². The molecule has 0 spiro atoms. The van der Waals surface area contributed by atoms with Crippen LogP contribution in [0.15, 0.2) is 140 Å². The smallest absolute Gasteiger partial charge is 0.146 e. The minimum absolute atomic E-state index is 0.850. The van der Waals surface area contributed by atoms with Crippen LogP contribution in [0.3, 0.4) is 0 Å². The number of benzene rings is 4. The number of imidazole rings is 1. The molecule has 0 N–H and O–H groups in total. The van der Waals surface area contributed by atoms with E-state index < -0.39 is 0 Å². The lowest BCUT2D eigenvalue weighted by Crippen LogP contribution is -1.94. The molecule has 4 aromatic carbocycles. The van der Waals surface area contributed by atoms with E-state index in [2.05, 4.69) is 94.3 Å². The Morgan fingerprint density at radius 2 is 1.16 bits per heavy atom. The summed E-state index contributed by atoms with van der Waals surface area (Å²) in [6.07, 6.45) is 1.80. The van der Waals surface area contributed by atoms with Crippen molar-refractivity contribution in [2.45, 2.75) is 0 Å². The fourth-order valence-corrected chi connectivity index (χ4v) is 6.16.